The van der Waals surface area contributed by atoms with E-state index in [1.165, 1.54) is 44.0 Å². The van der Waals surface area contributed by atoms with Crippen LogP contribution < -0.4 is 4.90 Å². The predicted octanol–water partition coefficient (Wildman–Crippen LogP) is 16.0. The molecule has 12 rings (SSSR count). The minimum atomic E-state index is 0.0226. The van der Waals surface area contributed by atoms with E-state index in [9.17, 15) is 0 Å². The van der Waals surface area contributed by atoms with Gasteiger partial charge < -0.3 is 13.7 Å². The summed E-state index contributed by atoms with van der Waals surface area (Å²) in [7, 11) is 0. The second kappa shape index (κ2) is 13.5. The smallest absolute Gasteiger partial charge is 0.142 e. The van der Waals surface area contributed by atoms with Gasteiger partial charge in [-0.05, 0) is 105 Å². The van der Waals surface area contributed by atoms with Gasteiger partial charge in [-0.3, -0.25) is 0 Å². The first kappa shape index (κ1) is 33.5. The lowest BCUT2D eigenvalue weighted by Gasteiger charge is -2.30. The molecule has 0 fully saturated rings. The van der Waals surface area contributed by atoms with Crippen molar-refractivity contribution in [2.75, 3.05) is 4.90 Å². The van der Waals surface area contributed by atoms with Gasteiger partial charge in [-0.2, -0.15) is 0 Å². The molecule has 0 spiro atoms. The number of rotatable bonds is 6. The van der Waals surface area contributed by atoms with Crippen molar-refractivity contribution in [3.63, 3.8) is 0 Å². The Bertz CT molecular complexity index is 3430. The number of hydrogen-bond acceptors (Lipinski definition) is 3. The van der Waals surface area contributed by atoms with Crippen molar-refractivity contribution in [1.29, 1.82) is 0 Å². The molecule has 0 saturated carbocycles. The van der Waals surface area contributed by atoms with Gasteiger partial charge >= 0.3 is 0 Å². The van der Waals surface area contributed by atoms with Crippen molar-refractivity contribution < 1.29 is 8.83 Å². The van der Waals surface area contributed by atoms with Crippen LogP contribution in [0.15, 0.2) is 209 Å². The number of fused-ring (bicyclic) bond motifs is 9. The van der Waals surface area contributed by atoms with Crippen LogP contribution >= 0.6 is 0 Å². The number of hydrogen-bond donors (Lipinski definition) is 0. The van der Waals surface area contributed by atoms with E-state index in [0.717, 1.165) is 73.1 Å². The van der Waals surface area contributed by atoms with Crippen molar-refractivity contribution >= 4 is 77.6 Å². The molecule has 1 unspecified atom stereocenters. The molecule has 11 aromatic rings. The van der Waals surface area contributed by atoms with Gasteiger partial charge in [-0.1, -0.05) is 152 Å². The monoisotopic (exact) mass is 755 g/mol. The van der Waals surface area contributed by atoms with Gasteiger partial charge in [0.2, 0.25) is 0 Å². The maximum atomic E-state index is 6.96. The van der Waals surface area contributed by atoms with Crippen LogP contribution in [-0.2, 0) is 0 Å². The zero-order valence-corrected chi connectivity index (χ0v) is 32.2. The molecule has 3 heteroatoms. The van der Waals surface area contributed by atoms with Crippen LogP contribution in [0, 0.1) is 0 Å². The first-order chi connectivity index (χ1) is 29.2. The van der Waals surface area contributed by atoms with Crippen molar-refractivity contribution in [3.8, 4) is 22.3 Å². The summed E-state index contributed by atoms with van der Waals surface area (Å²) in [5.41, 5.74) is 13.1. The Hall–Kier alpha value is -7.62. The van der Waals surface area contributed by atoms with Gasteiger partial charge in [0, 0.05) is 44.4 Å². The molecule has 1 aliphatic rings. The Morgan fingerprint density at radius 3 is 2.03 bits per heavy atom. The van der Waals surface area contributed by atoms with E-state index in [-0.39, 0.29) is 5.92 Å². The number of allylic oxidation sites excluding steroid dienone is 1. The molecular weight excluding hydrogens is 719 g/mol. The van der Waals surface area contributed by atoms with Crippen molar-refractivity contribution in [2.24, 2.45) is 0 Å². The van der Waals surface area contributed by atoms with Crippen LogP contribution in [0.1, 0.15) is 29.2 Å². The van der Waals surface area contributed by atoms with E-state index in [4.69, 9.17) is 8.83 Å². The molecule has 1 atom stereocenters. The zero-order chi connectivity index (χ0) is 38.9. The zero-order valence-electron chi connectivity index (χ0n) is 32.2. The third kappa shape index (κ3) is 5.50. The van der Waals surface area contributed by atoms with Gasteiger partial charge in [-0.25, -0.2) is 0 Å². The summed E-state index contributed by atoms with van der Waals surface area (Å²) in [6, 6.07) is 69.7. The second-order valence-electron chi connectivity index (χ2n) is 15.6. The molecule has 0 radical (unpaired) electrons. The quantitative estimate of drug-likeness (QED) is 0.169. The Morgan fingerprint density at radius 1 is 0.441 bits per heavy atom. The molecule has 0 bridgehead atoms. The molecule has 59 heavy (non-hydrogen) atoms. The molecule has 0 N–H and O–H groups in total. The van der Waals surface area contributed by atoms with Crippen LogP contribution in [0.2, 0.25) is 0 Å². The Labute approximate surface area is 341 Å². The van der Waals surface area contributed by atoms with E-state index < -0.39 is 0 Å². The number of anilines is 3. The van der Waals surface area contributed by atoms with E-state index >= 15 is 0 Å². The Morgan fingerprint density at radius 2 is 1.14 bits per heavy atom. The third-order valence-electron chi connectivity index (χ3n) is 12.2. The molecule has 1 aliphatic carbocycles. The Kier molecular flexibility index (Phi) is 7.67. The van der Waals surface area contributed by atoms with Crippen molar-refractivity contribution in [2.45, 2.75) is 12.3 Å². The molecule has 2 heterocycles. The SMILES string of the molecule is C1=Cc2c(oc3c2ccc2ccccc23)C(c2ccccc2N(c2ccc(-c3cccc(-c4cccc5ccccc45)c3)cc2)c2ccc3oc4ccccc4c3c2)C1. The molecule has 9 aromatic carbocycles. The summed E-state index contributed by atoms with van der Waals surface area (Å²) in [5.74, 6) is 1.04. The van der Waals surface area contributed by atoms with Crippen LogP contribution in [-0.4, -0.2) is 0 Å². The predicted molar refractivity (Wildman–Crippen MR) is 246 cm³/mol. The van der Waals surface area contributed by atoms with E-state index in [1.807, 2.05) is 12.1 Å². The van der Waals surface area contributed by atoms with Gasteiger partial charge in [0.15, 0.2) is 0 Å². The van der Waals surface area contributed by atoms with E-state index in [2.05, 4.69) is 199 Å². The topological polar surface area (TPSA) is 29.5 Å². The lowest BCUT2D eigenvalue weighted by molar-refractivity contribution is 0.519. The average molecular weight is 756 g/mol. The number of para-hydroxylation sites is 2. The second-order valence-corrected chi connectivity index (χ2v) is 15.6. The highest BCUT2D eigenvalue weighted by atomic mass is 16.3. The number of nitrogens with zero attached hydrogens (tertiary/aromatic N) is 1. The maximum Gasteiger partial charge on any atom is 0.142 e. The summed E-state index contributed by atoms with van der Waals surface area (Å²) < 4.78 is 13.3. The fraction of sp³-hybridized carbons (Fsp3) is 0.0357. The summed E-state index contributed by atoms with van der Waals surface area (Å²) in [6.07, 6.45) is 5.40. The van der Waals surface area contributed by atoms with Gasteiger partial charge in [-0.15, -0.1) is 0 Å². The Balaban J connectivity index is 1.00. The number of benzene rings is 9. The van der Waals surface area contributed by atoms with Crippen LogP contribution in [0.3, 0.4) is 0 Å². The first-order valence-corrected chi connectivity index (χ1v) is 20.3. The van der Waals surface area contributed by atoms with Gasteiger partial charge in [0.25, 0.3) is 0 Å². The minimum absolute atomic E-state index is 0.0226. The van der Waals surface area contributed by atoms with Crippen molar-refractivity contribution in [1.82, 2.24) is 0 Å². The highest BCUT2D eigenvalue weighted by Gasteiger charge is 2.30. The van der Waals surface area contributed by atoms with E-state index in [1.54, 1.807) is 0 Å². The molecule has 0 amide bonds. The summed E-state index contributed by atoms with van der Waals surface area (Å²) in [6.45, 7) is 0. The largest absolute Gasteiger partial charge is 0.459 e. The van der Waals surface area contributed by atoms with Crippen molar-refractivity contribution in [3.05, 3.63) is 217 Å². The standard InChI is InChI=1S/C56H37NO2/c1-3-17-43-37(12-1)14-10-21-44(43)40-16-9-15-39(34-40)36-26-29-41(30-27-36)57(42-31-33-54-51(35-42)47-20-6-8-25-53(47)58-54)52-24-7-5-19-46(52)48-22-11-23-49-50-32-28-38-13-2-4-18-45(38)55(50)59-56(48)49/h1-21,23-35,48H,22H2. The average Bonchev–Trinajstić information content (AvgIpc) is 3.88. The van der Waals surface area contributed by atoms with Crippen LogP contribution in [0.25, 0.3) is 82.8 Å². The number of furan rings is 2. The molecule has 0 aliphatic heterocycles. The first-order valence-electron chi connectivity index (χ1n) is 20.3. The fourth-order valence-corrected chi connectivity index (χ4v) is 9.40. The normalized spacial score (nSPS) is 13.8. The molecular formula is C56H37NO2. The highest BCUT2D eigenvalue weighted by Crippen LogP contribution is 2.48. The summed E-state index contributed by atoms with van der Waals surface area (Å²) in [5, 5.41) is 8.19. The molecule has 0 saturated heterocycles. The lowest BCUT2D eigenvalue weighted by Crippen LogP contribution is -2.15. The molecule has 3 nitrogen and oxygen atoms in total. The molecule has 278 valence electrons. The third-order valence-corrected chi connectivity index (χ3v) is 12.2. The summed E-state index contributed by atoms with van der Waals surface area (Å²) in [4.78, 5) is 2.41. The van der Waals surface area contributed by atoms with Gasteiger partial charge in [0.05, 0.1) is 5.69 Å². The molecule has 2 aromatic heterocycles. The van der Waals surface area contributed by atoms with Crippen LogP contribution in [0.5, 0.6) is 0 Å². The van der Waals surface area contributed by atoms with Gasteiger partial charge in [0.1, 0.15) is 22.5 Å². The highest BCUT2D eigenvalue weighted by molar-refractivity contribution is 6.08. The fourth-order valence-electron chi connectivity index (χ4n) is 9.40. The lowest BCUT2D eigenvalue weighted by atomic mass is 9.85. The van der Waals surface area contributed by atoms with Crippen LogP contribution in [0.4, 0.5) is 17.1 Å². The minimum Gasteiger partial charge on any atom is -0.459 e. The van der Waals surface area contributed by atoms with E-state index in [0.29, 0.717) is 0 Å². The summed E-state index contributed by atoms with van der Waals surface area (Å²) >= 11 is 0. The maximum absolute atomic E-state index is 6.96.